The van der Waals surface area contributed by atoms with Gasteiger partial charge in [-0.3, -0.25) is 4.79 Å². The minimum absolute atomic E-state index is 0.135. The summed E-state index contributed by atoms with van der Waals surface area (Å²) in [6.45, 7) is 2.54. The molecular weight excluding hydrogens is 380 g/mol. The van der Waals surface area contributed by atoms with Crippen molar-refractivity contribution >= 4 is 33.7 Å². The minimum Gasteiger partial charge on any atom is -0.496 e. The molecule has 1 aromatic carbocycles. The number of nitrogens with zero attached hydrogens (tertiary/aromatic N) is 3. The number of methoxy groups -OCH3 is 1. The lowest BCUT2D eigenvalue weighted by Crippen LogP contribution is -2.22. The Morgan fingerprint density at radius 3 is 2.89 bits per heavy atom. The molecule has 0 unspecified atom stereocenters. The molecule has 3 heterocycles. The fourth-order valence-corrected chi connectivity index (χ4v) is 4.52. The molecule has 1 saturated heterocycles. The van der Waals surface area contributed by atoms with Crippen LogP contribution in [0.15, 0.2) is 35.2 Å². The maximum absolute atomic E-state index is 12.5. The molecule has 3 aromatic rings. The second kappa shape index (κ2) is 8.06. The molecule has 140 valence electrons. The highest BCUT2D eigenvalue weighted by Gasteiger charge is 2.18. The third-order valence-electron chi connectivity index (χ3n) is 4.49. The number of thiazole rings is 2. The molecule has 0 radical (unpaired) electrons. The van der Waals surface area contributed by atoms with E-state index in [4.69, 9.17) is 9.72 Å². The molecule has 0 saturated carbocycles. The van der Waals surface area contributed by atoms with Gasteiger partial charge in [0.25, 0.3) is 5.91 Å². The van der Waals surface area contributed by atoms with Crippen molar-refractivity contribution in [2.24, 2.45) is 0 Å². The molecule has 4 rings (SSSR count). The lowest BCUT2D eigenvalue weighted by molar-refractivity contribution is 0.0951. The molecule has 6 nitrogen and oxygen atoms in total. The van der Waals surface area contributed by atoms with E-state index >= 15 is 0 Å². The van der Waals surface area contributed by atoms with Crippen LogP contribution in [-0.2, 0) is 6.54 Å². The third kappa shape index (κ3) is 3.96. The van der Waals surface area contributed by atoms with Crippen LogP contribution in [0, 0.1) is 0 Å². The van der Waals surface area contributed by atoms with Crippen LogP contribution in [0.2, 0.25) is 0 Å². The number of nitrogens with one attached hydrogen (secondary N) is 1. The van der Waals surface area contributed by atoms with Gasteiger partial charge in [0, 0.05) is 41.2 Å². The largest absolute Gasteiger partial charge is 0.496 e. The highest BCUT2D eigenvalue weighted by atomic mass is 32.1. The molecule has 0 bridgehead atoms. The summed E-state index contributed by atoms with van der Waals surface area (Å²) in [6.07, 6.45) is 4.16. The number of carbonyl (C=O) groups is 1. The van der Waals surface area contributed by atoms with E-state index in [0.717, 1.165) is 34.5 Å². The van der Waals surface area contributed by atoms with Gasteiger partial charge in [-0.2, -0.15) is 0 Å². The van der Waals surface area contributed by atoms with E-state index in [0.29, 0.717) is 17.9 Å². The maximum atomic E-state index is 12.5. The standard InChI is InChI=1S/C19H20N4O2S2/c1-25-16-5-4-13(18(24)21-11-17-20-6-9-26-17)10-14(16)15-12-27-19(22-15)23-7-2-3-8-23/h4-6,9-10,12H,2-3,7-8,11H2,1H3,(H,21,24). The summed E-state index contributed by atoms with van der Waals surface area (Å²) >= 11 is 3.16. The van der Waals surface area contributed by atoms with Gasteiger partial charge in [0.2, 0.25) is 0 Å². The Balaban J connectivity index is 1.56. The number of carbonyl (C=O) groups excluding carboxylic acids is 1. The van der Waals surface area contributed by atoms with E-state index in [9.17, 15) is 4.79 Å². The molecule has 1 N–H and O–H groups in total. The molecule has 1 fully saturated rings. The first kappa shape index (κ1) is 17.9. The summed E-state index contributed by atoms with van der Waals surface area (Å²) < 4.78 is 5.50. The van der Waals surface area contributed by atoms with Gasteiger partial charge in [-0.1, -0.05) is 0 Å². The van der Waals surface area contributed by atoms with E-state index in [2.05, 4.69) is 15.2 Å². The van der Waals surface area contributed by atoms with Crippen LogP contribution in [0.3, 0.4) is 0 Å². The monoisotopic (exact) mass is 400 g/mol. The second-order valence-corrected chi connectivity index (χ2v) is 8.05. The van der Waals surface area contributed by atoms with Crippen molar-refractivity contribution in [1.82, 2.24) is 15.3 Å². The molecule has 2 aromatic heterocycles. The number of anilines is 1. The van der Waals surface area contributed by atoms with Gasteiger partial charge in [-0.25, -0.2) is 9.97 Å². The molecule has 8 heteroatoms. The first-order chi connectivity index (χ1) is 13.2. The first-order valence-corrected chi connectivity index (χ1v) is 10.6. The first-order valence-electron chi connectivity index (χ1n) is 8.80. The summed E-state index contributed by atoms with van der Waals surface area (Å²) in [5, 5.41) is 8.75. The smallest absolute Gasteiger partial charge is 0.251 e. The Morgan fingerprint density at radius 2 is 2.15 bits per heavy atom. The fourth-order valence-electron chi connectivity index (χ4n) is 3.09. The van der Waals surface area contributed by atoms with Gasteiger partial charge in [0.05, 0.1) is 19.3 Å². The predicted octanol–water partition coefficient (Wildman–Crippen LogP) is 3.81. The Morgan fingerprint density at radius 1 is 1.30 bits per heavy atom. The van der Waals surface area contributed by atoms with E-state index in [1.165, 1.54) is 24.2 Å². The van der Waals surface area contributed by atoms with Crippen LogP contribution in [0.1, 0.15) is 28.2 Å². The quantitative estimate of drug-likeness (QED) is 0.682. The molecule has 0 spiro atoms. The van der Waals surface area contributed by atoms with Crippen LogP contribution in [0.25, 0.3) is 11.3 Å². The number of aromatic nitrogens is 2. The summed E-state index contributed by atoms with van der Waals surface area (Å²) in [5.74, 6) is 0.578. The number of hydrogen-bond acceptors (Lipinski definition) is 7. The Bertz CT molecular complexity index is 918. The Kier molecular flexibility index (Phi) is 5.35. The number of benzene rings is 1. The molecule has 1 aliphatic rings. The van der Waals surface area contributed by atoms with Crippen LogP contribution in [-0.4, -0.2) is 36.1 Å². The molecule has 0 atom stereocenters. The van der Waals surface area contributed by atoms with Crippen molar-refractivity contribution in [3.8, 4) is 17.0 Å². The van der Waals surface area contributed by atoms with Crippen molar-refractivity contribution in [1.29, 1.82) is 0 Å². The highest BCUT2D eigenvalue weighted by Crippen LogP contribution is 2.35. The molecular formula is C19H20N4O2S2. The van der Waals surface area contributed by atoms with Gasteiger partial charge in [-0.15, -0.1) is 22.7 Å². The maximum Gasteiger partial charge on any atom is 0.251 e. The predicted molar refractivity (Wildman–Crippen MR) is 109 cm³/mol. The second-order valence-electron chi connectivity index (χ2n) is 6.23. The van der Waals surface area contributed by atoms with Crippen molar-refractivity contribution in [3.63, 3.8) is 0 Å². The van der Waals surface area contributed by atoms with Gasteiger partial charge in [0.1, 0.15) is 10.8 Å². The third-order valence-corrected chi connectivity index (χ3v) is 6.17. The number of rotatable bonds is 6. The zero-order valence-electron chi connectivity index (χ0n) is 15.0. The number of amides is 1. The normalized spacial score (nSPS) is 13.7. The minimum atomic E-state index is -0.135. The van der Waals surface area contributed by atoms with Crippen LogP contribution >= 0.6 is 22.7 Å². The van der Waals surface area contributed by atoms with E-state index in [1.54, 1.807) is 30.7 Å². The van der Waals surface area contributed by atoms with Crippen LogP contribution in [0.4, 0.5) is 5.13 Å². The van der Waals surface area contributed by atoms with Gasteiger partial charge >= 0.3 is 0 Å². The molecule has 1 aliphatic heterocycles. The van der Waals surface area contributed by atoms with Gasteiger partial charge in [-0.05, 0) is 31.0 Å². The van der Waals surface area contributed by atoms with E-state index in [-0.39, 0.29) is 5.91 Å². The topological polar surface area (TPSA) is 67.3 Å². The molecule has 27 heavy (non-hydrogen) atoms. The van der Waals surface area contributed by atoms with Gasteiger partial charge < -0.3 is 15.0 Å². The van der Waals surface area contributed by atoms with Crippen LogP contribution in [0.5, 0.6) is 5.75 Å². The lowest BCUT2D eigenvalue weighted by Gasteiger charge is -2.13. The van der Waals surface area contributed by atoms with Crippen molar-refractivity contribution in [2.75, 3.05) is 25.1 Å². The average Bonchev–Trinajstić information content (AvgIpc) is 3.47. The summed E-state index contributed by atoms with van der Waals surface area (Å²) in [5.41, 5.74) is 2.26. The Hall–Kier alpha value is -2.45. The van der Waals surface area contributed by atoms with Crippen LogP contribution < -0.4 is 15.0 Å². The van der Waals surface area contributed by atoms with E-state index < -0.39 is 0 Å². The zero-order chi connectivity index (χ0) is 18.6. The summed E-state index contributed by atoms with van der Waals surface area (Å²) in [7, 11) is 1.63. The Labute approximate surface area is 165 Å². The number of hydrogen-bond donors (Lipinski definition) is 1. The zero-order valence-corrected chi connectivity index (χ0v) is 16.6. The highest BCUT2D eigenvalue weighted by molar-refractivity contribution is 7.14. The molecule has 1 amide bonds. The lowest BCUT2D eigenvalue weighted by atomic mass is 10.1. The fraction of sp³-hybridized carbons (Fsp3) is 0.316. The SMILES string of the molecule is COc1ccc(C(=O)NCc2nccs2)cc1-c1csc(N2CCCC2)n1. The summed E-state index contributed by atoms with van der Waals surface area (Å²) in [4.78, 5) is 23.8. The van der Waals surface area contributed by atoms with E-state index in [1.807, 2.05) is 22.9 Å². The number of ether oxygens (including phenoxy) is 1. The molecule has 0 aliphatic carbocycles. The van der Waals surface area contributed by atoms with Gasteiger partial charge in [0.15, 0.2) is 5.13 Å². The van der Waals surface area contributed by atoms with Crippen molar-refractivity contribution in [3.05, 3.63) is 45.7 Å². The van der Waals surface area contributed by atoms with Crippen molar-refractivity contribution < 1.29 is 9.53 Å². The van der Waals surface area contributed by atoms with Crippen molar-refractivity contribution in [2.45, 2.75) is 19.4 Å². The average molecular weight is 401 g/mol. The summed E-state index contributed by atoms with van der Waals surface area (Å²) in [6, 6.07) is 5.44.